The molecule has 100 valence electrons. The van der Waals surface area contributed by atoms with Gasteiger partial charge >= 0.3 is 0 Å². The van der Waals surface area contributed by atoms with Crippen LogP contribution in [-0.4, -0.2) is 17.4 Å². The summed E-state index contributed by atoms with van der Waals surface area (Å²) in [5.74, 6) is 0.841. The summed E-state index contributed by atoms with van der Waals surface area (Å²) in [6.45, 7) is 8.74. The van der Waals surface area contributed by atoms with E-state index in [-0.39, 0.29) is 5.91 Å². The van der Waals surface area contributed by atoms with Crippen molar-refractivity contribution < 1.29 is 4.79 Å². The fourth-order valence-corrected chi connectivity index (χ4v) is 1.28. The highest BCUT2D eigenvalue weighted by atomic mass is 16.2. The van der Waals surface area contributed by atoms with E-state index < -0.39 is 5.41 Å². The van der Waals surface area contributed by atoms with Crippen molar-refractivity contribution in [3.8, 4) is 0 Å². The number of carbonyl (C=O) groups excluding carboxylic acids is 1. The lowest BCUT2D eigenvalue weighted by Gasteiger charge is -2.17. The summed E-state index contributed by atoms with van der Waals surface area (Å²) in [6.07, 6.45) is 3.97. The number of unbranched alkanes of at least 4 members (excludes halogenated alkanes) is 1. The summed E-state index contributed by atoms with van der Waals surface area (Å²) in [5, 5.41) is 6.08. The van der Waals surface area contributed by atoms with Crippen LogP contribution in [0.4, 0.5) is 11.5 Å². The summed E-state index contributed by atoms with van der Waals surface area (Å²) < 4.78 is 0. The molecule has 0 saturated carbocycles. The summed E-state index contributed by atoms with van der Waals surface area (Å²) in [4.78, 5) is 16.0. The standard InChI is InChI=1S/C14H23N3O/c1-5-6-9-15-12-8-7-11(10-16-12)17-13(18)14(2,3)4/h7-8,10H,5-6,9H2,1-4H3,(H,15,16)(H,17,18). The molecule has 0 aliphatic rings. The fraction of sp³-hybridized carbons (Fsp3) is 0.571. The highest BCUT2D eigenvalue weighted by molar-refractivity contribution is 5.94. The summed E-state index contributed by atoms with van der Waals surface area (Å²) in [6, 6.07) is 3.75. The number of aromatic nitrogens is 1. The van der Waals surface area contributed by atoms with Gasteiger partial charge in [-0.3, -0.25) is 4.79 Å². The fourth-order valence-electron chi connectivity index (χ4n) is 1.28. The zero-order valence-corrected chi connectivity index (χ0v) is 11.7. The molecule has 0 aliphatic carbocycles. The van der Waals surface area contributed by atoms with E-state index in [0.717, 1.165) is 30.9 Å². The summed E-state index contributed by atoms with van der Waals surface area (Å²) in [5.41, 5.74) is 0.342. The zero-order valence-electron chi connectivity index (χ0n) is 11.7. The Morgan fingerprint density at radius 1 is 1.33 bits per heavy atom. The Kier molecular flexibility index (Phi) is 5.13. The minimum Gasteiger partial charge on any atom is -0.370 e. The lowest BCUT2D eigenvalue weighted by Crippen LogP contribution is -2.27. The molecular weight excluding hydrogens is 226 g/mol. The molecule has 1 heterocycles. The number of carbonyl (C=O) groups is 1. The molecule has 0 spiro atoms. The molecule has 1 rings (SSSR count). The van der Waals surface area contributed by atoms with Gasteiger partial charge in [0.25, 0.3) is 0 Å². The molecule has 0 aromatic carbocycles. The van der Waals surface area contributed by atoms with Gasteiger partial charge in [0, 0.05) is 12.0 Å². The van der Waals surface area contributed by atoms with Gasteiger partial charge < -0.3 is 10.6 Å². The van der Waals surface area contributed by atoms with Crippen LogP contribution >= 0.6 is 0 Å². The van der Waals surface area contributed by atoms with Gasteiger partial charge in [-0.25, -0.2) is 4.98 Å². The first-order chi connectivity index (χ1) is 8.43. The number of hydrogen-bond donors (Lipinski definition) is 2. The molecule has 0 fully saturated rings. The third-order valence-electron chi connectivity index (χ3n) is 2.54. The first kappa shape index (κ1) is 14.5. The van der Waals surface area contributed by atoms with Crippen LogP contribution in [0.2, 0.25) is 0 Å². The van der Waals surface area contributed by atoms with Crippen molar-refractivity contribution in [2.24, 2.45) is 5.41 Å². The molecule has 18 heavy (non-hydrogen) atoms. The Labute approximate surface area is 109 Å². The van der Waals surface area contributed by atoms with E-state index in [0.29, 0.717) is 0 Å². The lowest BCUT2D eigenvalue weighted by atomic mass is 9.96. The largest absolute Gasteiger partial charge is 0.370 e. The van der Waals surface area contributed by atoms with Crippen LogP contribution in [0, 0.1) is 5.41 Å². The first-order valence-corrected chi connectivity index (χ1v) is 6.45. The molecule has 0 unspecified atom stereocenters. The molecule has 2 N–H and O–H groups in total. The quantitative estimate of drug-likeness (QED) is 0.787. The van der Waals surface area contributed by atoms with Gasteiger partial charge in [0.2, 0.25) is 5.91 Å². The Bertz CT molecular complexity index is 379. The minimum absolute atomic E-state index is 0.00371. The van der Waals surface area contributed by atoms with Crippen molar-refractivity contribution in [2.75, 3.05) is 17.2 Å². The predicted octanol–water partition coefficient (Wildman–Crippen LogP) is 3.28. The highest BCUT2D eigenvalue weighted by Gasteiger charge is 2.21. The second-order valence-corrected chi connectivity index (χ2v) is 5.42. The van der Waals surface area contributed by atoms with Crippen LogP contribution in [0.15, 0.2) is 18.3 Å². The predicted molar refractivity (Wildman–Crippen MR) is 75.7 cm³/mol. The monoisotopic (exact) mass is 249 g/mol. The van der Waals surface area contributed by atoms with Crippen molar-refractivity contribution in [1.29, 1.82) is 0 Å². The van der Waals surface area contributed by atoms with Gasteiger partial charge in [-0.05, 0) is 18.6 Å². The van der Waals surface area contributed by atoms with E-state index >= 15 is 0 Å². The van der Waals surface area contributed by atoms with Crippen LogP contribution in [0.25, 0.3) is 0 Å². The van der Waals surface area contributed by atoms with Crippen LogP contribution in [-0.2, 0) is 4.79 Å². The Morgan fingerprint density at radius 2 is 2.06 bits per heavy atom. The maximum atomic E-state index is 11.8. The number of hydrogen-bond acceptors (Lipinski definition) is 3. The Morgan fingerprint density at radius 3 is 2.56 bits per heavy atom. The second-order valence-electron chi connectivity index (χ2n) is 5.42. The van der Waals surface area contributed by atoms with Crippen LogP contribution in [0.3, 0.4) is 0 Å². The number of rotatable bonds is 5. The van der Waals surface area contributed by atoms with Gasteiger partial charge in [-0.15, -0.1) is 0 Å². The maximum absolute atomic E-state index is 11.8. The molecule has 0 atom stereocenters. The second kappa shape index (κ2) is 6.38. The SMILES string of the molecule is CCCCNc1ccc(NC(=O)C(C)(C)C)cn1. The van der Waals surface area contributed by atoms with Gasteiger partial charge in [-0.2, -0.15) is 0 Å². The number of pyridine rings is 1. The molecule has 0 aliphatic heterocycles. The Hall–Kier alpha value is -1.58. The summed E-state index contributed by atoms with van der Waals surface area (Å²) >= 11 is 0. The number of anilines is 2. The van der Waals surface area contributed by atoms with Gasteiger partial charge in [0.05, 0.1) is 11.9 Å². The van der Waals surface area contributed by atoms with Gasteiger partial charge in [0.15, 0.2) is 0 Å². The smallest absolute Gasteiger partial charge is 0.229 e. The molecule has 4 heteroatoms. The van der Waals surface area contributed by atoms with Gasteiger partial charge in [-0.1, -0.05) is 34.1 Å². The third-order valence-corrected chi connectivity index (χ3v) is 2.54. The van der Waals surface area contributed by atoms with Crippen molar-refractivity contribution in [3.05, 3.63) is 18.3 Å². The normalized spacial score (nSPS) is 11.1. The van der Waals surface area contributed by atoms with E-state index in [2.05, 4.69) is 22.5 Å². The van der Waals surface area contributed by atoms with E-state index in [1.54, 1.807) is 6.20 Å². The molecule has 0 radical (unpaired) electrons. The maximum Gasteiger partial charge on any atom is 0.229 e. The minimum atomic E-state index is -0.391. The van der Waals surface area contributed by atoms with Crippen LogP contribution in [0.5, 0.6) is 0 Å². The summed E-state index contributed by atoms with van der Waals surface area (Å²) in [7, 11) is 0. The van der Waals surface area contributed by atoms with Crippen LogP contribution in [0.1, 0.15) is 40.5 Å². The zero-order chi connectivity index (χ0) is 13.6. The molecule has 1 aromatic rings. The van der Waals surface area contributed by atoms with Crippen LogP contribution < -0.4 is 10.6 Å². The van der Waals surface area contributed by atoms with Gasteiger partial charge in [0.1, 0.15) is 5.82 Å². The number of nitrogens with zero attached hydrogens (tertiary/aromatic N) is 1. The molecule has 4 nitrogen and oxygen atoms in total. The average molecular weight is 249 g/mol. The first-order valence-electron chi connectivity index (χ1n) is 6.45. The highest BCUT2D eigenvalue weighted by Crippen LogP contribution is 2.17. The lowest BCUT2D eigenvalue weighted by molar-refractivity contribution is -0.123. The van der Waals surface area contributed by atoms with E-state index in [9.17, 15) is 4.79 Å². The molecule has 0 saturated heterocycles. The molecular formula is C14H23N3O. The number of nitrogens with one attached hydrogen (secondary N) is 2. The third kappa shape index (κ3) is 4.73. The Balaban J connectivity index is 2.53. The van der Waals surface area contributed by atoms with Crippen molar-refractivity contribution in [2.45, 2.75) is 40.5 Å². The van der Waals surface area contributed by atoms with E-state index in [1.165, 1.54) is 0 Å². The average Bonchev–Trinajstić information content (AvgIpc) is 2.30. The van der Waals surface area contributed by atoms with Crippen molar-refractivity contribution >= 4 is 17.4 Å². The topological polar surface area (TPSA) is 54.0 Å². The van der Waals surface area contributed by atoms with Crippen molar-refractivity contribution in [1.82, 2.24) is 4.98 Å². The molecule has 0 bridgehead atoms. The van der Waals surface area contributed by atoms with E-state index in [1.807, 2.05) is 32.9 Å². The van der Waals surface area contributed by atoms with Crippen molar-refractivity contribution in [3.63, 3.8) is 0 Å². The molecule has 1 aromatic heterocycles. The van der Waals surface area contributed by atoms with E-state index in [4.69, 9.17) is 0 Å². The number of amides is 1. The molecule has 1 amide bonds.